The Hall–Kier alpha value is -0.940. The molecule has 3 nitrogen and oxygen atoms in total. The Morgan fingerprint density at radius 1 is 1.54 bits per heavy atom. The van der Waals surface area contributed by atoms with Gasteiger partial charge in [-0.1, -0.05) is 0 Å². The summed E-state index contributed by atoms with van der Waals surface area (Å²) >= 11 is 2.93. The molecule has 5 heteroatoms. The van der Waals surface area contributed by atoms with Gasteiger partial charge in [0.1, 0.15) is 5.82 Å². The Balaban J connectivity index is 0.000000671. The molecule has 0 aromatic heterocycles. The van der Waals surface area contributed by atoms with Crippen molar-refractivity contribution in [1.29, 1.82) is 0 Å². The molecule has 1 aromatic carbocycles. The van der Waals surface area contributed by atoms with Gasteiger partial charge in [-0.15, -0.1) is 0 Å². The number of aliphatic hydroxyl groups excluding tert-OH is 1. The van der Waals surface area contributed by atoms with Crippen LogP contribution in [-0.2, 0) is 0 Å². The van der Waals surface area contributed by atoms with E-state index in [1.807, 2.05) is 0 Å². The second-order valence-corrected chi connectivity index (χ2v) is 2.87. The maximum Gasteiger partial charge on any atom is 0.152 e. The molecular weight excluding hydrogens is 241 g/mol. The van der Waals surface area contributed by atoms with Gasteiger partial charge in [0.25, 0.3) is 0 Å². The van der Waals surface area contributed by atoms with Gasteiger partial charge >= 0.3 is 0 Å². The number of carbonyl (C=O) groups excluding carboxylic acids is 1. The first kappa shape index (κ1) is 12.1. The minimum atomic E-state index is -0.465. The van der Waals surface area contributed by atoms with Crippen LogP contribution in [0.5, 0.6) is 0 Å². The van der Waals surface area contributed by atoms with Gasteiger partial charge in [0.15, 0.2) is 6.29 Å². The number of benzene rings is 1. The first-order chi connectivity index (χ1) is 6.15. The van der Waals surface area contributed by atoms with Crippen LogP contribution in [0, 0.1) is 5.82 Å². The monoisotopic (exact) mass is 249 g/mol. The number of aliphatic hydroxyl groups is 1. The zero-order valence-corrected chi connectivity index (χ0v) is 8.51. The highest BCUT2D eigenvalue weighted by atomic mass is 79.9. The number of halogens is 2. The van der Waals surface area contributed by atoms with Crippen LogP contribution in [0.1, 0.15) is 10.4 Å². The number of hydrogen-bond acceptors (Lipinski definition) is 3. The van der Waals surface area contributed by atoms with Crippen LogP contribution in [0.3, 0.4) is 0 Å². The molecule has 3 N–H and O–H groups in total. The van der Waals surface area contributed by atoms with Crippen LogP contribution in [0.4, 0.5) is 10.1 Å². The Bertz CT molecular complexity index is 304. The molecule has 0 heterocycles. The molecule has 0 saturated carbocycles. The lowest BCUT2D eigenvalue weighted by molar-refractivity contribution is 0.112. The van der Waals surface area contributed by atoms with Crippen molar-refractivity contribution >= 4 is 27.9 Å². The molecule has 1 rings (SSSR count). The summed E-state index contributed by atoms with van der Waals surface area (Å²) in [4.78, 5) is 10.3. The molecule has 0 unspecified atom stereocenters. The fourth-order valence-corrected chi connectivity index (χ4v) is 1.04. The van der Waals surface area contributed by atoms with Crippen LogP contribution in [-0.4, -0.2) is 18.5 Å². The van der Waals surface area contributed by atoms with Gasteiger partial charge in [0.05, 0.1) is 4.47 Å². The third kappa shape index (κ3) is 3.12. The zero-order valence-electron chi connectivity index (χ0n) is 6.92. The van der Waals surface area contributed by atoms with Gasteiger partial charge in [0, 0.05) is 18.4 Å². The lowest BCUT2D eigenvalue weighted by atomic mass is 10.2. The Morgan fingerprint density at radius 3 is 2.54 bits per heavy atom. The molecule has 0 bridgehead atoms. The van der Waals surface area contributed by atoms with Gasteiger partial charge in [-0.25, -0.2) is 4.39 Å². The van der Waals surface area contributed by atoms with Crippen molar-refractivity contribution in [3.8, 4) is 0 Å². The van der Waals surface area contributed by atoms with E-state index in [0.717, 1.165) is 13.2 Å². The lowest BCUT2D eigenvalue weighted by Gasteiger charge is -1.99. The number of rotatable bonds is 1. The van der Waals surface area contributed by atoms with E-state index in [9.17, 15) is 9.18 Å². The van der Waals surface area contributed by atoms with E-state index in [-0.39, 0.29) is 10.2 Å². The van der Waals surface area contributed by atoms with E-state index in [1.54, 1.807) is 0 Å². The minimum absolute atomic E-state index is 0.153. The highest BCUT2D eigenvalue weighted by Gasteiger charge is 2.03. The predicted molar refractivity (Wildman–Crippen MR) is 52.0 cm³/mol. The SMILES string of the molecule is CO.Nc1cc(F)c(Br)cc1C=O. The molecule has 0 aliphatic rings. The van der Waals surface area contributed by atoms with E-state index >= 15 is 0 Å². The van der Waals surface area contributed by atoms with Crippen molar-refractivity contribution < 1.29 is 14.3 Å². The maximum atomic E-state index is 12.7. The summed E-state index contributed by atoms with van der Waals surface area (Å²) < 4.78 is 12.9. The van der Waals surface area contributed by atoms with Crippen molar-refractivity contribution in [2.45, 2.75) is 0 Å². The molecule has 72 valence electrons. The predicted octanol–water partition coefficient (Wildman–Crippen LogP) is 1.59. The molecule has 0 atom stereocenters. The van der Waals surface area contributed by atoms with E-state index in [0.29, 0.717) is 11.8 Å². The summed E-state index contributed by atoms with van der Waals surface area (Å²) in [5.41, 5.74) is 5.75. The van der Waals surface area contributed by atoms with Crippen molar-refractivity contribution in [2.75, 3.05) is 12.8 Å². The normalized spacial score (nSPS) is 8.62. The topological polar surface area (TPSA) is 63.3 Å². The summed E-state index contributed by atoms with van der Waals surface area (Å²) in [5.74, 6) is -0.465. The molecule has 0 saturated heterocycles. The molecule has 0 amide bonds. The third-order valence-corrected chi connectivity index (χ3v) is 1.86. The Morgan fingerprint density at radius 2 is 2.08 bits per heavy atom. The first-order valence-electron chi connectivity index (χ1n) is 3.29. The first-order valence-corrected chi connectivity index (χ1v) is 4.09. The van der Waals surface area contributed by atoms with Gasteiger partial charge in [0.2, 0.25) is 0 Å². The lowest BCUT2D eigenvalue weighted by Crippen LogP contribution is -1.94. The van der Waals surface area contributed by atoms with Crippen molar-refractivity contribution in [3.63, 3.8) is 0 Å². The van der Waals surface area contributed by atoms with Crippen LogP contribution < -0.4 is 5.73 Å². The minimum Gasteiger partial charge on any atom is -0.400 e. The maximum absolute atomic E-state index is 12.7. The van der Waals surface area contributed by atoms with Gasteiger partial charge in [-0.05, 0) is 28.1 Å². The van der Waals surface area contributed by atoms with Crippen LogP contribution >= 0.6 is 15.9 Å². The average molecular weight is 250 g/mol. The fraction of sp³-hybridized carbons (Fsp3) is 0.125. The molecular formula is C8H9BrFNO2. The standard InChI is InChI=1S/C7H5BrFNO.CH4O/c8-5-1-4(3-11)7(10)2-6(5)9;1-2/h1-3H,10H2;2H,1H3. The van der Waals surface area contributed by atoms with E-state index in [2.05, 4.69) is 15.9 Å². The highest BCUT2D eigenvalue weighted by Crippen LogP contribution is 2.20. The summed E-state index contributed by atoms with van der Waals surface area (Å²) in [6, 6.07) is 2.45. The molecule has 1 aromatic rings. The van der Waals surface area contributed by atoms with Crippen LogP contribution in [0.25, 0.3) is 0 Å². The highest BCUT2D eigenvalue weighted by molar-refractivity contribution is 9.10. The second kappa shape index (κ2) is 5.66. The number of hydrogen-bond donors (Lipinski definition) is 2. The largest absolute Gasteiger partial charge is 0.400 e. The van der Waals surface area contributed by atoms with Crippen LogP contribution in [0.15, 0.2) is 16.6 Å². The zero-order chi connectivity index (χ0) is 10.4. The van der Waals surface area contributed by atoms with Crippen LogP contribution in [0.2, 0.25) is 0 Å². The fourth-order valence-electron chi connectivity index (χ4n) is 0.680. The van der Waals surface area contributed by atoms with Crippen molar-refractivity contribution in [1.82, 2.24) is 0 Å². The molecule has 0 spiro atoms. The Labute approximate surface area is 83.5 Å². The number of anilines is 1. The Kier molecular flexibility index (Phi) is 5.25. The number of nitrogen functional groups attached to an aromatic ring is 1. The summed E-state index contributed by atoms with van der Waals surface area (Å²) in [5, 5.41) is 7.00. The van der Waals surface area contributed by atoms with Gasteiger partial charge in [-0.3, -0.25) is 4.79 Å². The number of nitrogens with two attached hydrogens (primary N) is 1. The van der Waals surface area contributed by atoms with Crippen molar-refractivity contribution in [2.24, 2.45) is 0 Å². The summed E-state index contributed by atoms with van der Waals surface area (Å²) in [6.45, 7) is 0. The van der Waals surface area contributed by atoms with Gasteiger partial charge < -0.3 is 10.8 Å². The molecule has 0 radical (unpaired) electrons. The number of aldehydes is 1. The second-order valence-electron chi connectivity index (χ2n) is 2.01. The molecule has 0 fully saturated rings. The van der Waals surface area contributed by atoms with E-state index in [1.165, 1.54) is 6.07 Å². The summed E-state index contributed by atoms with van der Waals surface area (Å²) in [6.07, 6.45) is 0.583. The molecule has 13 heavy (non-hydrogen) atoms. The summed E-state index contributed by atoms with van der Waals surface area (Å²) in [7, 11) is 1.00. The third-order valence-electron chi connectivity index (χ3n) is 1.25. The van der Waals surface area contributed by atoms with E-state index < -0.39 is 5.82 Å². The molecule has 0 aliphatic heterocycles. The molecule has 0 aliphatic carbocycles. The average Bonchev–Trinajstić information content (AvgIpc) is 2.15. The van der Waals surface area contributed by atoms with E-state index in [4.69, 9.17) is 10.8 Å². The van der Waals surface area contributed by atoms with Crippen molar-refractivity contribution in [3.05, 3.63) is 28.0 Å². The smallest absolute Gasteiger partial charge is 0.152 e. The van der Waals surface area contributed by atoms with Gasteiger partial charge in [-0.2, -0.15) is 0 Å². The quantitative estimate of drug-likeness (QED) is 0.587. The number of carbonyl (C=O) groups is 1.